The first-order valence-electron chi connectivity index (χ1n) is 16.8. The van der Waals surface area contributed by atoms with Gasteiger partial charge in [0.2, 0.25) is 0 Å². The fraction of sp³-hybridized carbons (Fsp3) is 0.667. The van der Waals surface area contributed by atoms with Crippen molar-refractivity contribution in [1.82, 2.24) is 15.3 Å². The second kappa shape index (κ2) is 14.1. The van der Waals surface area contributed by atoms with E-state index in [1.54, 1.807) is 0 Å². The van der Waals surface area contributed by atoms with Crippen molar-refractivity contribution in [3.8, 4) is 17.3 Å². The van der Waals surface area contributed by atoms with Crippen LogP contribution in [0.2, 0.25) is 0 Å². The molecule has 2 N–H and O–H groups in total. The average Bonchev–Trinajstić information content (AvgIpc) is 3.82. The molecule has 45 heavy (non-hydrogen) atoms. The van der Waals surface area contributed by atoms with Gasteiger partial charge in [-0.3, -0.25) is 4.98 Å². The molecule has 3 aliphatic rings. The van der Waals surface area contributed by atoms with Gasteiger partial charge in [-0.25, -0.2) is 9.78 Å². The minimum atomic E-state index is -0.737. The van der Waals surface area contributed by atoms with Gasteiger partial charge in [-0.05, 0) is 122 Å². The Morgan fingerprint density at radius 3 is 2.56 bits per heavy atom. The summed E-state index contributed by atoms with van der Waals surface area (Å²) < 4.78 is 17.1. The van der Waals surface area contributed by atoms with E-state index in [1.165, 1.54) is 0 Å². The standard InChI is InChI=1S/C36H51N5O4/c1-25-21-38-29(20-30(25)31-7-6-8-32(41-31)39-24-35(23-37)15-17-43-18-16-35)19-27-9-11-28(12-10-27)40-26(2)22-44-36(13-14-36)33(42)45-34(3,4)5/h6-8,20-21,26-28,40H,9-19,22,24H2,1-5H3,(H,39,41)/t26-,27?,28?/m0/s1. The topological polar surface area (TPSA) is 118 Å². The van der Waals surface area contributed by atoms with Crippen molar-refractivity contribution < 1.29 is 19.0 Å². The fourth-order valence-corrected chi connectivity index (χ4v) is 6.44. The number of hydrogen-bond acceptors (Lipinski definition) is 9. The third-order valence-electron chi connectivity index (χ3n) is 9.43. The van der Waals surface area contributed by atoms with Crippen LogP contribution in [0.5, 0.6) is 0 Å². The lowest BCUT2D eigenvalue weighted by Gasteiger charge is -2.32. The van der Waals surface area contributed by atoms with Gasteiger partial charge in [0.25, 0.3) is 0 Å². The summed E-state index contributed by atoms with van der Waals surface area (Å²) in [4.78, 5) is 22.3. The Morgan fingerprint density at radius 2 is 1.89 bits per heavy atom. The molecule has 2 saturated carbocycles. The number of esters is 1. The van der Waals surface area contributed by atoms with Gasteiger partial charge < -0.3 is 24.8 Å². The summed E-state index contributed by atoms with van der Waals surface area (Å²) >= 11 is 0. The van der Waals surface area contributed by atoms with Gasteiger partial charge in [-0.1, -0.05) is 6.07 Å². The molecule has 9 nitrogen and oxygen atoms in total. The highest BCUT2D eigenvalue weighted by Crippen LogP contribution is 2.42. The molecule has 244 valence electrons. The summed E-state index contributed by atoms with van der Waals surface area (Å²) in [5, 5.41) is 17.0. The maximum atomic E-state index is 12.6. The van der Waals surface area contributed by atoms with Crippen molar-refractivity contribution in [3.05, 3.63) is 41.7 Å². The minimum absolute atomic E-state index is 0.174. The molecule has 1 saturated heterocycles. The molecule has 3 fully saturated rings. The third kappa shape index (κ3) is 9.02. The number of ether oxygens (including phenoxy) is 3. The van der Waals surface area contributed by atoms with Crippen molar-refractivity contribution in [1.29, 1.82) is 5.26 Å². The zero-order valence-corrected chi connectivity index (χ0v) is 27.8. The molecule has 9 heteroatoms. The molecule has 1 atom stereocenters. The number of carbonyl (C=O) groups is 1. The summed E-state index contributed by atoms with van der Waals surface area (Å²) in [6.07, 6.45) is 10.4. The highest BCUT2D eigenvalue weighted by atomic mass is 16.6. The molecule has 2 aromatic rings. The number of nitrogens with one attached hydrogen (secondary N) is 2. The van der Waals surface area contributed by atoms with Crippen molar-refractivity contribution in [3.63, 3.8) is 0 Å². The smallest absolute Gasteiger partial charge is 0.338 e. The van der Waals surface area contributed by atoms with E-state index in [1.807, 2.05) is 45.2 Å². The number of rotatable bonds is 12. The lowest BCUT2D eigenvalue weighted by Crippen LogP contribution is -2.43. The molecule has 5 rings (SSSR count). The SMILES string of the molecule is Cc1cnc(CC2CCC(N[C@@H](C)COC3(C(=O)OC(C)(C)C)CC3)CC2)cc1-c1cccc(NCC2(C#N)CCOCC2)n1. The number of nitriles is 1. The van der Waals surface area contributed by atoms with Crippen LogP contribution in [-0.2, 0) is 25.4 Å². The number of nitrogens with zero attached hydrogens (tertiary/aromatic N) is 3. The van der Waals surface area contributed by atoms with Gasteiger partial charge >= 0.3 is 5.97 Å². The molecular weight excluding hydrogens is 566 g/mol. The van der Waals surface area contributed by atoms with Crippen molar-refractivity contribution >= 4 is 11.8 Å². The van der Waals surface area contributed by atoms with E-state index < -0.39 is 16.6 Å². The lowest BCUT2D eigenvalue weighted by atomic mass is 9.82. The van der Waals surface area contributed by atoms with Crippen molar-refractivity contribution in [2.24, 2.45) is 11.3 Å². The lowest BCUT2D eigenvalue weighted by molar-refractivity contribution is -0.172. The predicted molar refractivity (Wildman–Crippen MR) is 175 cm³/mol. The Morgan fingerprint density at radius 1 is 1.16 bits per heavy atom. The Balaban J connectivity index is 1.10. The molecule has 0 radical (unpaired) electrons. The maximum absolute atomic E-state index is 12.6. The van der Waals surface area contributed by atoms with E-state index in [0.717, 1.165) is 86.1 Å². The van der Waals surface area contributed by atoms with Gasteiger partial charge in [0.1, 0.15) is 11.4 Å². The van der Waals surface area contributed by atoms with E-state index in [2.05, 4.69) is 36.6 Å². The Labute approximate surface area is 268 Å². The first kappa shape index (κ1) is 33.3. The number of pyridine rings is 2. The number of aromatic nitrogens is 2. The molecule has 0 amide bonds. The zero-order valence-electron chi connectivity index (χ0n) is 27.8. The van der Waals surface area contributed by atoms with Gasteiger partial charge in [0.05, 0.1) is 23.8 Å². The summed E-state index contributed by atoms with van der Waals surface area (Å²) in [5.74, 6) is 1.16. The predicted octanol–water partition coefficient (Wildman–Crippen LogP) is 6.15. The van der Waals surface area contributed by atoms with Gasteiger partial charge in [-0.15, -0.1) is 0 Å². The first-order valence-corrected chi connectivity index (χ1v) is 16.8. The van der Waals surface area contributed by atoms with Crippen LogP contribution in [0.4, 0.5) is 5.82 Å². The van der Waals surface area contributed by atoms with E-state index in [4.69, 9.17) is 24.2 Å². The molecule has 3 heterocycles. The van der Waals surface area contributed by atoms with Crippen LogP contribution in [0.3, 0.4) is 0 Å². The molecule has 0 bridgehead atoms. The van der Waals surface area contributed by atoms with E-state index >= 15 is 0 Å². The zero-order chi connectivity index (χ0) is 32.1. The number of aryl methyl sites for hydroxylation is 1. The monoisotopic (exact) mass is 617 g/mol. The minimum Gasteiger partial charge on any atom is -0.458 e. The summed E-state index contributed by atoms with van der Waals surface area (Å²) in [6, 6.07) is 11.4. The molecule has 2 aliphatic carbocycles. The van der Waals surface area contributed by atoms with Crippen molar-refractivity contribution in [2.75, 3.05) is 31.7 Å². The normalized spacial score (nSPS) is 23.0. The van der Waals surface area contributed by atoms with Crippen LogP contribution in [-0.4, -0.2) is 65.6 Å². The van der Waals surface area contributed by atoms with Crippen molar-refractivity contribution in [2.45, 2.75) is 116 Å². The Kier molecular flexibility index (Phi) is 10.5. The average molecular weight is 618 g/mol. The van der Waals surface area contributed by atoms with Gasteiger partial charge in [0, 0.05) is 49.3 Å². The van der Waals surface area contributed by atoms with Crippen LogP contribution >= 0.6 is 0 Å². The highest BCUT2D eigenvalue weighted by Gasteiger charge is 2.54. The summed E-state index contributed by atoms with van der Waals surface area (Å²) in [7, 11) is 0. The van der Waals surface area contributed by atoms with Crippen LogP contribution in [0, 0.1) is 29.6 Å². The Hall–Kier alpha value is -3.06. The first-order chi connectivity index (χ1) is 21.5. The molecule has 0 unspecified atom stereocenters. The van der Waals surface area contributed by atoms with Crippen LogP contribution in [0.25, 0.3) is 11.3 Å². The van der Waals surface area contributed by atoms with Crippen LogP contribution in [0.15, 0.2) is 30.5 Å². The number of carbonyl (C=O) groups excluding carboxylic acids is 1. The quantitative estimate of drug-likeness (QED) is 0.270. The molecule has 0 aromatic carbocycles. The molecule has 1 aliphatic heterocycles. The summed E-state index contributed by atoms with van der Waals surface area (Å²) in [5.41, 5.74) is 2.59. The fourth-order valence-electron chi connectivity index (χ4n) is 6.44. The van der Waals surface area contributed by atoms with Gasteiger partial charge in [-0.2, -0.15) is 5.26 Å². The second-order valence-corrected chi connectivity index (χ2v) is 14.6. The number of anilines is 1. The van der Waals surface area contributed by atoms with E-state index in [0.29, 0.717) is 38.3 Å². The van der Waals surface area contributed by atoms with Gasteiger partial charge in [0.15, 0.2) is 5.60 Å². The largest absolute Gasteiger partial charge is 0.458 e. The maximum Gasteiger partial charge on any atom is 0.338 e. The molecule has 0 spiro atoms. The van der Waals surface area contributed by atoms with Crippen LogP contribution in [0.1, 0.15) is 90.3 Å². The third-order valence-corrected chi connectivity index (χ3v) is 9.43. The number of hydrogen-bond donors (Lipinski definition) is 2. The van der Waals surface area contributed by atoms with E-state index in [-0.39, 0.29) is 12.0 Å². The second-order valence-electron chi connectivity index (χ2n) is 14.6. The highest BCUT2D eigenvalue weighted by molar-refractivity contribution is 5.83. The van der Waals surface area contributed by atoms with E-state index in [9.17, 15) is 10.1 Å². The molecular formula is C36H51N5O4. The van der Waals surface area contributed by atoms with Crippen LogP contribution < -0.4 is 10.6 Å². The molecule has 2 aromatic heterocycles. The Bertz CT molecular complexity index is 1350. The summed E-state index contributed by atoms with van der Waals surface area (Å²) in [6.45, 7) is 12.2.